The first-order chi connectivity index (χ1) is 12.3. The van der Waals surface area contributed by atoms with Gasteiger partial charge in [-0.3, -0.25) is 0 Å². The Morgan fingerprint density at radius 1 is 0.800 bits per heavy atom. The van der Waals surface area contributed by atoms with Gasteiger partial charge in [-0.1, -0.05) is 62.1 Å². The molecule has 0 bridgehead atoms. The second kappa shape index (κ2) is 7.51. The normalized spacial score (nSPS) is 18.7. The SMILES string of the molecule is Nc1ccc(Cc2ccccc2)c(N(C2CCCC2)C2CCCC2)c1. The monoisotopic (exact) mass is 334 g/mol. The van der Waals surface area contributed by atoms with Crippen molar-refractivity contribution in [1.82, 2.24) is 0 Å². The van der Waals surface area contributed by atoms with Gasteiger partial charge in [0.15, 0.2) is 0 Å². The first kappa shape index (κ1) is 16.5. The Balaban J connectivity index is 1.71. The van der Waals surface area contributed by atoms with Crippen LogP contribution >= 0.6 is 0 Å². The molecule has 2 heteroatoms. The van der Waals surface area contributed by atoms with Gasteiger partial charge in [0, 0.05) is 23.5 Å². The quantitative estimate of drug-likeness (QED) is 0.726. The minimum absolute atomic E-state index is 0.708. The molecule has 2 N–H and O–H groups in total. The van der Waals surface area contributed by atoms with Crippen LogP contribution in [0, 0.1) is 0 Å². The van der Waals surface area contributed by atoms with Crippen LogP contribution in [-0.2, 0) is 6.42 Å². The van der Waals surface area contributed by atoms with Crippen molar-refractivity contribution in [2.24, 2.45) is 0 Å². The maximum atomic E-state index is 6.23. The number of nitrogens with zero attached hydrogens (tertiary/aromatic N) is 1. The van der Waals surface area contributed by atoms with Crippen molar-refractivity contribution in [3.63, 3.8) is 0 Å². The van der Waals surface area contributed by atoms with E-state index >= 15 is 0 Å². The summed E-state index contributed by atoms with van der Waals surface area (Å²) in [6, 6.07) is 18.8. The number of anilines is 2. The van der Waals surface area contributed by atoms with E-state index in [0.717, 1.165) is 12.1 Å². The number of rotatable bonds is 5. The minimum atomic E-state index is 0.708. The smallest absolute Gasteiger partial charge is 0.0427 e. The van der Waals surface area contributed by atoms with Crippen molar-refractivity contribution in [3.05, 3.63) is 59.7 Å². The molecule has 132 valence electrons. The van der Waals surface area contributed by atoms with Gasteiger partial charge in [-0.2, -0.15) is 0 Å². The fourth-order valence-electron chi connectivity index (χ4n) is 4.84. The van der Waals surface area contributed by atoms with Gasteiger partial charge in [0.25, 0.3) is 0 Å². The Kier molecular flexibility index (Phi) is 4.96. The summed E-state index contributed by atoms with van der Waals surface area (Å²) in [5, 5.41) is 0. The second-order valence-corrected chi connectivity index (χ2v) is 7.83. The first-order valence-corrected chi connectivity index (χ1v) is 10.0. The molecule has 2 aliphatic carbocycles. The molecular formula is C23H30N2. The van der Waals surface area contributed by atoms with E-state index in [1.807, 2.05) is 0 Å². The number of hydrogen-bond donors (Lipinski definition) is 1. The molecule has 2 aromatic carbocycles. The number of hydrogen-bond acceptors (Lipinski definition) is 2. The summed E-state index contributed by atoms with van der Waals surface area (Å²) in [5.74, 6) is 0. The topological polar surface area (TPSA) is 29.3 Å². The Hall–Kier alpha value is -1.96. The molecule has 0 amide bonds. The largest absolute Gasteiger partial charge is 0.399 e. The molecule has 0 heterocycles. The maximum absolute atomic E-state index is 6.23. The molecule has 0 unspecified atom stereocenters. The number of benzene rings is 2. The number of nitrogens with two attached hydrogens (primary N) is 1. The van der Waals surface area contributed by atoms with Crippen molar-refractivity contribution in [2.45, 2.75) is 69.9 Å². The van der Waals surface area contributed by atoms with Gasteiger partial charge < -0.3 is 10.6 Å². The van der Waals surface area contributed by atoms with Gasteiger partial charge in [-0.15, -0.1) is 0 Å². The van der Waals surface area contributed by atoms with Gasteiger partial charge in [-0.05, 0) is 55.4 Å². The van der Waals surface area contributed by atoms with Crippen LogP contribution in [0.1, 0.15) is 62.5 Å². The van der Waals surface area contributed by atoms with E-state index < -0.39 is 0 Å². The van der Waals surface area contributed by atoms with Gasteiger partial charge in [0.1, 0.15) is 0 Å². The molecule has 25 heavy (non-hydrogen) atoms. The summed E-state index contributed by atoms with van der Waals surface area (Å²) >= 11 is 0. The van der Waals surface area contributed by atoms with Gasteiger partial charge >= 0.3 is 0 Å². The van der Waals surface area contributed by atoms with E-state index in [0.29, 0.717) is 12.1 Å². The van der Waals surface area contributed by atoms with Crippen LogP contribution in [0.4, 0.5) is 11.4 Å². The molecule has 0 spiro atoms. The molecule has 2 aromatic rings. The summed E-state index contributed by atoms with van der Waals surface area (Å²) in [6.45, 7) is 0. The molecule has 0 aromatic heterocycles. The molecule has 2 fully saturated rings. The second-order valence-electron chi connectivity index (χ2n) is 7.83. The minimum Gasteiger partial charge on any atom is -0.399 e. The van der Waals surface area contributed by atoms with Crippen LogP contribution in [0.25, 0.3) is 0 Å². The van der Waals surface area contributed by atoms with Crippen molar-refractivity contribution in [3.8, 4) is 0 Å². The predicted octanol–water partition coefficient (Wildman–Crippen LogP) is 5.55. The fraction of sp³-hybridized carbons (Fsp3) is 0.478. The van der Waals surface area contributed by atoms with Crippen molar-refractivity contribution >= 4 is 11.4 Å². The van der Waals surface area contributed by atoms with Gasteiger partial charge in [0.05, 0.1) is 0 Å². The standard InChI is InChI=1S/C23H30N2/c24-20-15-14-19(16-18-8-2-1-3-9-18)23(17-20)25(21-10-4-5-11-21)22-12-6-7-13-22/h1-3,8-9,14-15,17,21-22H,4-7,10-13,16,24H2. The van der Waals surface area contributed by atoms with Crippen LogP contribution in [-0.4, -0.2) is 12.1 Å². The highest BCUT2D eigenvalue weighted by Gasteiger charge is 2.32. The Labute approximate surface area is 152 Å². The molecule has 2 nitrogen and oxygen atoms in total. The summed E-state index contributed by atoms with van der Waals surface area (Å²) in [5.41, 5.74) is 11.3. The van der Waals surface area contributed by atoms with E-state index in [1.54, 1.807) is 0 Å². The third kappa shape index (κ3) is 3.68. The van der Waals surface area contributed by atoms with E-state index in [2.05, 4.69) is 53.4 Å². The highest BCUT2D eigenvalue weighted by Crippen LogP contribution is 2.38. The lowest BCUT2D eigenvalue weighted by molar-refractivity contribution is 0.512. The Morgan fingerprint density at radius 3 is 2.00 bits per heavy atom. The van der Waals surface area contributed by atoms with Crippen LogP contribution in [0.5, 0.6) is 0 Å². The summed E-state index contributed by atoms with van der Waals surface area (Å²) in [7, 11) is 0. The van der Waals surface area contributed by atoms with Crippen molar-refractivity contribution in [2.75, 3.05) is 10.6 Å². The predicted molar refractivity (Wildman–Crippen MR) is 107 cm³/mol. The average molecular weight is 335 g/mol. The third-order valence-electron chi connectivity index (χ3n) is 6.06. The molecule has 0 radical (unpaired) electrons. The molecule has 2 saturated carbocycles. The molecule has 0 aliphatic heterocycles. The highest BCUT2D eigenvalue weighted by atomic mass is 15.2. The summed E-state index contributed by atoms with van der Waals surface area (Å²) in [6.07, 6.45) is 11.9. The molecule has 0 saturated heterocycles. The zero-order chi connectivity index (χ0) is 17.1. The Bertz CT molecular complexity index is 666. The highest BCUT2D eigenvalue weighted by molar-refractivity contribution is 5.63. The molecular weight excluding hydrogens is 304 g/mol. The van der Waals surface area contributed by atoms with Crippen LogP contribution in [0.3, 0.4) is 0 Å². The van der Waals surface area contributed by atoms with Gasteiger partial charge in [0.2, 0.25) is 0 Å². The van der Waals surface area contributed by atoms with Crippen molar-refractivity contribution < 1.29 is 0 Å². The molecule has 2 aliphatic rings. The van der Waals surface area contributed by atoms with Crippen LogP contribution < -0.4 is 10.6 Å². The van der Waals surface area contributed by atoms with E-state index in [4.69, 9.17) is 5.73 Å². The van der Waals surface area contributed by atoms with E-state index in [9.17, 15) is 0 Å². The molecule has 4 rings (SSSR count). The van der Waals surface area contributed by atoms with Crippen LogP contribution in [0.2, 0.25) is 0 Å². The third-order valence-corrected chi connectivity index (χ3v) is 6.06. The maximum Gasteiger partial charge on any atom is 0.0427 e. The lowest BCUT2D eigenvalue weighted by atomic mass is 9.99. The van der Waals surface area contributed by atoms with Crippen molar-refractivity contribution in [1.29, 1.82) is 0 Å². The zero-order valence-corrected chi connectivity index (χ0v) is 15.2. The average Bonchev–Trinajstić information content (AvgIpc) is 3.33. The van der Waals surface area contributed by atoms with Gasteiger partial charge in [-0.25, -0.2) is 0 Å². The lowest BCUT2D eigenvalue weighted by Crippen LogP contribution is -2.41. The first-order valence-electron chi connectivity index (χ1n) is 10.0. The Morgan fingerprint density at radius 2 is 1.40 bits per heavy atom. The van der Waals surface area contributed by atoms with E-state index in [1.165, 1.54) is 68.2 Å². The summed E-state index contributed by atoms with van der Waals surface area (Å²) < 4.78 is 0. The fourth-order valence-corrected chi connectivity index (χ4v) is 4.84. The molecule has 0 atom stereocenters. The van der Waals surface area contributed by atoms with Crippen LogP contribution in [0.15, 0.2) is 48.5 Å². The number of nitrogen functional groups attached to an aromatic ring is 1. The zero-order valence-electron chi connectivity index (χ0n) is 15.2. The van der Waals surface area contributed by atoms with E-state index in [-0.39, 0.29) is 0 Å². The lowest BCUT2D eigenvalue weighted by Gasteiger charge is -2.38. The summed E-state index contributed by atoms with van der Waals surface area (Å²) in [4.78, 5) is 2.79.